The number of rotatable bonds is 7. The number of methoxy groups -OCH3 is 1. The number of hydrogen-bond donors (Lipinski definition) is 4. The molecule has 0 fully saturated rings. The average molecular weight is 268 g/mol. The van der Waals surface area contributed by atoms with E-state index in [2.05, 4.69) is 10.6 Å². The third-order valence-corrected chi connectivity index (χ3v) is 2.53. The number of ether oxygens (including phenoxy) is 1. The van der Waals surface area contributed by atoms with Crippen LogP contribution in [0.15, 0.2) is 18.2 Å². The molecule has 0 aliphatic carbocycles. The monoisotopic (exact) mass is 268 g/mol. The second kappa shape index (κ2) is 7.73. The highest BCUT2D eigenvalue weighted by molar-refractivity contribution is 5.92. The number of amides is 1. The van der Waals surface area contributed by atoms with Crippen molar-refractivity contribution in [1.29, 1.82) is 0 Å². The maximum atomic E-state index is 11.4. The Labute approximate surface area is 112 Å². The highest BCUT2D eigenvalue weighted by atomic mass is 16.5. The van der Waals surface area contributed by atoms with E-state index in [1.54, 1.807) is 12.1 Å². The van der Waals surface area contributed by atoms with Crippen LogP contribution in [-0.4, -0.2) is 49.1 Å². The molecule has 6 heteroatoms. The molecule has 0 aromatic heterocycles. The summed E-state index contributed by atoms with van der Waals surface area (Å²) in [5, 5.41) is 23.7. The number of hydrogen-bond acceptors (Lipinski definition) is 5. The lowest BCUT2D eigenvalue weighted by Crippen LogP contribution is -2.23. The number of carbonyl (C=O) groups is 1. The highest BCUT2D eigenvalue weighted by Gasteiger charge is 2.06. The van der Waals surface area contributed by atoms with E-state index in [1.165, 1.54) is 7.11 Å². The first-order valence-electron chi connectivity index (χ1n) is 5.99. The molecule has 0 aliphatic rings. The van der Waals surface area contributed by atoms with E-state index in [9.17, 15) is 9.90 Å². The van der Waals surface area contributed by atoms with Crippen molar-refractivity contribution in [3.05, 3.63) is 23.8 Å². The van der Waals surface area contributed by atoms with E-state index in [4.69, 9.17) is 9.84 Å². The third-order valence-electron chi connectivity index (χ3n) is 2.53. The summed E-state index contributed by atoms with van der Waals surface area (Å²) in [4.78, 5) is 11.4. The van der Waals surface area contributed by atoms with Crippen LogP contribution in [0.5, 0.6) is 0 Å². The molecule has 0 radical (unpaired) electrons. The third kappa shape index (κ3) is 5.25. The first kappa shape index (κ1) is 15.4. The van der Waals surface area contributed by atoms with Crippen LogP contribution in [0.3, 0.4) is 0 Å². The van der Waals surface area contributed by atoms with Gasteiger partial charge in [0.25, 0.3) is 0 Å². The molecule has 0 saturated heterocycles. The maximum absolute atomic E-state index is 11.4. The second-order valence-electron chi connectivity index (χ2n) is 4.23. The largest absolute Gasteiger partial charge is 0.394 e. The molecule has 0 saturated carbocycles. The molecule has 0 heterocycles. The zero-order chi connectivity index (χ0) is 14.3. The van der Waals surface area contributed by atoms with Crippen LogP contribution >= 0.6 is 0 Å². The Bertz CT molecular complexity index is 423. The molecule has 1 rings (SSSR count). The van der Waals surface area contributed by atoms with Crippen molar-refractivity contribution in [2.45, 2.75) is 13.0 Å². The topological polar surface area (TPSA) is 90.8 Å². The number of benzene rings is 1. The lowest BCUT2D eigenvalue weighted by molar-refractivity contribution is -0.119. The first-order valence-corrected chi connectivity index (χ1v) is 5.99. The van der Waals surface area contributed by atoms with Crippen molar-refractivity contribution >= 4 is 17.3 Å². The summed E-state index contributed by atoms with van der Waals surface area (Å²) in [6, 6.07) is 5.42. The lowest BCUT2D eigenvalue weighted by Gasteiger charge is -2.13. The molecular formula is C13H20N2O4. The maximum Gasteiger partial charge on any atom is 0.250 e. The van der Waals surface area contributed by atoms with Gasteiger partial charge in [-0.1, -0.05) is 0 Å². The fourth-order valence-corrected chi connectivity index (χ4v) is 1.53. The fraction of sp³-hybridized carbons (Fsp3) is 0.462. The summed E-state index contributed by atoms with van der Waals surface area (Å²) in [5.74, 6) is -0.206. The fourth-order valence-electron chi connectivity index (χ4n) is 1.53. The molecule has 1 atom stereocenters. The zero-order valence-corrected chi connectivity index (χ0v) is 11.1. The molecule has 1 unspecified atom stereocenters. The molecule has 106 valence electrons. The van der Waals surface area contributed by atoms with E-state index in [-0.39, 0.29) is 25.7 Å². The summed E-state index contributed by atoms with van der Waals surface area (Å²) in [5.41, 5.74) is 2.43. The van der Waals surface area contributed by atoms with Crippen molar-refractivity contribution < 1.29 is 19.7 Å². The van der Waals surface area contributed by atoms with E-state index in [0.29, 0.717) is 0 Å². The minimum Gasteiger partial charge on any atom is -0.394 e. The summed E-state index contributed by atoms with van der Waals surface area (Å²) < 4.78 is 4.74. The Hall–Kier alpha value is -1.63. The van der Waals surface area contributed by atoms with Gasteiger partial charge in [0.1, 0.15) is 6.61 Å². The van der Waals surface area contributed by atoms with Gasteiger partial charge in [0, 0.05) is 25.0 Å². The minimum atomic E-state index is -0.790. The van der Waals surface area contributed by atoms with Crippen LogP contribution in [0, 0.1) is 6.92 Å². The van der Waals surface area contributed by atoms with Crippen LogP contribution < -0.4 is 10.6 Å². The Balaban J connectivity index is 2.61. The first-order chi connectivity index (χ1) is 9.06. The van der Waals surface area contributed by atoms with Gasteiger partial charge in [-0.25, -0.2) is 0 Å². The van der Waals surface area contributed by atoms with Gasteiger partial charge in [-0.15, -0.1) is 0 Å². The van der Waals surface area contributed by atoms with Gasteiger partial charge in [-0.2, -0.15) is 0 Å². The second-order valence-corrected chi connectivity index (χ2v) is 4.23. The van der Waals surface area contributed by atoms with Gasteiger partial charge in [-0.3, -0.25) is 4.79 Å². The van der Waals surface area contributed by atoms with Crippen LogP contribution in [0.4, 0.5) is 11.4 Å². The molecule has 4 N–H and O–H groups in total. The summed E-state index contributed by atoms with van der Waals surface area (Å²) >= 11 is 0. The van der Waals surface area contributed by atoms with Crippen LogP contribution in [0.1, 0.15) is 5.56 Å². The molecule has 0 bridgehead atoms. The van der Waals surface area contributed by atoms with Crippen LogP contribution in [0.25, 0.3) is 0 Å². The van der Waals surface area contributed by atoms with E-state index in [0.717, 1.165) is 16.9 Å². The number of anilines is 2. The van der Waals surface area contributed by atoms with Crippen molar-refractivity contribution in [1.82, 2.24) is 0 Å². The number of aryl methyl sites for hydroxylation is 1. The smallest absolute Gasteiger partial charge is 0.250 e. The Morgan fingerprint density at radius 1 is 1.47 bits per heavy atom. The molecule has 19 heavy (non-hydrogen) atoms. The van der Waals surface area contributed by atoms with Crippen molar-refractivity contribution in [2.75, 3.05) is 37.5 Å². The highest BCUT2D eigenvalue weighted by Crippen LogP contribution is 2.19. The number of nitrogens with one attached hydrogen (secondary N) is 2. The number of carbonyl (C=O) groups excluding carboxylic acids is 1. The molecular weight excluding hydrogens is 248 g/mol. The summed E-state index contributed by atoms with van der Waals surface area (Å²) in [7, 11) is 1.46. The van der Waals surface area contributed by atoms with Crippen molar-refractivity contribution in [2.24, 2.45) is 0 Å². The molecule has 1 amide bonds. The normalized spacial score (nSPS) is 12.0. The zero-order valence-electron chi connectivity index (χ0n) is 11.1. The minimum absolute atomic E-state index is 0.0160. The quantitative estimate of drug-likeness (QED) is 0.572. The lowest BCUT2D eigenvalue weighted by atomic mass is 10.1. The molecule has 1 aromatic rings. The number of aliphatic hydroxyl groups is 2. The van der Waals surface area contributed by atoms with Gasteiger partial charge >= 0.3 is 0 Å². The van der Waals surface area contributed by atoms with Crippen molar-refractivity contribution in [3.8, 4) is 0 Å². The molecule has 0 aliphatic heterocycles. The van der Waals surface area contributed by atoms with Gasteiger partial charge < -0.3 is 25.6 Å². The average Bonchev–Trinajstić information content (AvgIpc) is 2.39. The SMILES string of the molecule is COCC(=O)Nc1ccc(NCC(O)CO)cc1C. The number of aliphatic hydroxyl groups excluding tert-OH is 2. The molecule has 1 aromatic carbocycles. The Morgan fingerprint density at radius 3 is 2.79 bits per heavy atom. The molecule has 0 spiro atoms. The Kier molecular flexibility index (Phi) is 6.27. The van der Waals surface area contributed by atoms with Gasteiger partial charge in [-0.05, 0) is 30.7 Å². The van der Waals surface area contributed by atoms with Gasteiger partial charge in [0.05, 0.1) is 12.7 Å². The summed E-state index contributed by atoms with van der Waals surface area (Å²) in [6.07, 6.45) is -0.790. The van der Waals surface area contributed by atoms with Crippen LogP contribution in [0.2, 0.25) is 0 Å². The van der Waals surface area contributed by atoms with E-state index < -0.39 is 6.10 Å². The molecule has 6 nitrogen and oxygen atoms in total. The van der Waals surface area contributed by atoms with E-state index in [1.807, 2.05) is 13.0 Å². The standard InChI is InChI=1S/C13H20N2O4/c1-9-5-10(14-6-11(17)7-16)3-4-12(9)15-13(18)8-19-2/h3-5,11,14,16-17H,6-8H2,1-2H3,(H,15,18). The van der Waals surface area contributed by atoms with Gasteiger partial charge in [0.15, 0.2) is 0 Å². The predicted molar refractivity (Wildman–Crippen MR) is 73.3 cm³/mol. The Morgan fingerprint density at radius 2 is 2.21 bits per heavy atom. The van der Waals surface area contributed by atoms with Crippen LogP contribution in [-0.2, 0) is 9.53 Å². The van der Waals surface area contributed by atoms with Gasteiger partial charge in [0.2, 0.25) is 5.91 Å². The van der Waals surface area contributed by atoms with E-state index >= 15 is 0 Å². The predicted octanol–water partition coefficient (Wildman–Crippen LogP) is 0.345. The van der Waals surface area contributed by atoms with Crippen molar-refractivity contribution in [3.63, 3.8) is 0 Å². The summed E-state index contributed by atoms with van der Waals surface area (Å²) in [6.45, 7) is 1.88.